The number of nitrogens with zero attached hydrogens (tertiary/aromatic N) is 1. The molecule has 0 bridgehead atoms. The van der Waals surface area contributed by atoms with E-state index >= 15 is 0 Å². The van der Waals surface area contributed by atoms with Gasteiger partial charge in [-0.25, -0.2) is 0 Å². The lowest BCUT2D eigenvalue weighted by Gasteiger charge is -2.46. The molecule has 0 aromatic heterocycles. The van der Waals surface area contributed by atoms with Crippen LogP contribution in [0.4, 0.5) is 0 Å². The molecule has 2 fully saturated rings. The van der Waals surface area contributed by atoms with Crippen LogP contribution < -0.4 is 0 Å². The van der Waals surface area contributed by atoms with Crippen LogP contribution in [0.5, 0.6) is 0 Å². The van der Waals surface area contributed by atoms with Crippen LogP contribution in [-0.2, 0) is 9.47 Å². The zero-order chi connectivity index (χ0) is 14.4. The summed E-state index contributed by atoms with van der Waals surface area (Å²) in [5.41, 5.74) is -0.111. The summed E-state index contributed by atoms with van der Waals surface area (Å²) in [4.78, 5) is 2.41. The lowest BCUT2D eigenvalue weighted by molar-refractivity contribution is -0.0750. The van der Waals surface area contributed by atoms with Crippen LogP contribution in [0.2, 0.25) is 0 Å². The van der Waals surface area contributed by atoms with Crippen molar-refractivity contribution < 1.29 is 14.6 Å². The molecule has 4 heteroatoms. The van der Waals surface area contributed by atoms with Crippen LogP contribution in [0.15, 0.2) is 0 Å². The van der Waals surface area contributed by atoms with Crippen molar-refractivity contribution in [2.75, 3.05) is 32.9 Å². The molecular weight excluding hydrogens is 254 g/mol. The van der Waals surface area contributed by atoms with Gasteiger partial charge in [0, 0.05) is 25.2 Å². The molecule has 2 rings (SSSR count). The Hall–Kier alpha value is -0.160. The normalized spacial score (nSPS) is 29.2. The molecule has 4 nitrogen and oxygen atoms in total. The molecule has 0 aromatic carbocycles. The van der Waals surface area contributed by atoms with Crippen LogP contribution in [0.25, 0.3) is 0 Å². The molecule has 0 aromatic rings. The van der Waals surface area contributed by atoms with E-state index in [1.807, 2.05) is 0 Å². The molecule has 2 heterocycles. The Kier molecular flexibility index (Phi) is 6.27. The van der Waals surface area contributed by atoms with Gasteiger partial charge in [0.05, 0.1) is 25.4 Å². The van der Waals surface area contributed by atoms with Gasteiger partial charge in [0.2, 0.25) is 0 Å². The molecule has 0 amide bonds. The SMILES string of the molecule is CCC(C)(C(O)CCCC1CCCO1)N1CCOCC1. The summed E-state index contributed by atoms with van der Waals surface area (Å²) in [6.07, 6.45) is 6.60. The van der Waals surface area contributed by atoms with Gasteiger partial charge < -0.3 is 14.6 Å². The fourth-order valence-corrected chi connectivity index (χ4v) is 3.47. The first-order chi connectivity index (χ1) is 9.66. The standard InChI is InChI=1S/C16H31NO3/c1-3-16(2,17-9-12-19-13-10-17)15(18)8-4-6-14-7-5-11-20-14/h14-15,18H,3-13H2,1-2H3. The number of hydrogen-bond donors (Lipinski definition) is 1. The maximum atomic E-state index is 10.7. The van der Waals surface area contributed by atoms with Gasteiger partial charge in [0.25, 0.3) is 0 Å². The second-order valence-electron chi connectivity index (χ2n) is 6.39. The summed E-state index contributed by atoms with van der Waals surface area (Å²) in [7, 11) is 0. The second kappa shape index (κ2) is 7.74. The van der Waals surface area contributed by atoms with Crippen molar-refractivity contribution in [3.63, 3.8) is 0 Å². The predicted octanol–water partition coefficient (Wildman–Crippen LogP) is 2.20. The van der Waals surface area contributed by atoms with Crippen molar-refractivity contribution in [1.82, 2.24) is 4.90 Å². The van der Waals surface area contributed by atoms with Crippen molar-refractivity contribution >= 4 is 0 Å². The van der Waals surface area contributed by atoms with Crippen molar-refractivity contribution in [3.8, 4) is 0 Å². The first-order valence-electron chi connectivity index (χ1n) is 8.29. The summed E-state index contributed by atoms with van der Waals surface area (Å²) >= 11 is 0. The average Bonchev–Trinajstić information content (AvgIpc) is 3.00. The maximum absolute atomic E-state index is 10.7. The number of rotatable bonds is 7. The van der Waals surface area contributed by atoms with Crippen molar-refractivity contribution in [1.29, 1.82) is 0 Å². The highest BCUT2D eigenvalue weighted by Crippen LogP contribution is 2.28. The minimum Gasteiger partial charge on any atom is -0.391 e. The Morgan fingerprint density at radius 1 is 1.30 bits per heavy atom. The first kappa shape index (κ1) is 16.2. The van der Waals surface area contributed by atoms with E-state index in [1.165, 1.54) is 12.8 Å². The molecule has 0 radical (unpaired) electrons. The number of morpholine rings is 1. The third kappa shape index (κ3) is 3.94. The summed E-state index contributed by atoms with van der Waals surface area (Å²) in [6, 6.07) is 0. The van der Waals surface area contributed by atoms with Gasteiger partial charge in [0.1, 0.15) is 0 Å². The molecule has 0 spiro atoms. The van der Waals surface area contributed by atoms with Gasteiger partial charge in [-0.05, 0) is 45.4 Å². The summed E-state index contributed by atoms with van der Waals surface area (Å²) < 4.78 is 11.1. The molecule has 3 unspecified atom stereocenters. The highest BCUT2D eigenvalue weighted by molar-refractivity contribution is 4.93. The van der Waals surface area contributed by atoms with Gasteiger partial charge in [-0.3, -0.25) is 4.90 Å². The third-order valence-corrected chi connectivity index (χ3v) is 5.19. The lowest BCUT2D eigenvalue weighted by Crippen LogP contribution is -2.57. The van der Waals surface area contributed by atoms with E-state index in [0.717, 1.165) is 58.6 Å². The second-order valence-corrected chi connectivity index (χ2v) is 6.39. The maximum Gasteiger partial charge on any atom is 0.0721 e. The average molecular weight is 285 g/mol. The molecule has 1 N–H and O–H groups in total. The van der Waals surface area contributed by atoms with Crippen LogP contribution in [-0.4, -0.2) is 60.7 Å². The van der Waals surface area contributed by atoms with Crippen molar-refractivity contribution in [2.45, 2.75) is 70.1 Å². The Balaban J connectivity index is 1.78. The summed E-state index contributed by atoms with van der Waals surface area (Å²) in [5, 5.41) is 10.7. The number of ether oxygens (including phenoxy) is 2. The van der Waals surface area contributed by atoms with Gasteiger partial charge in [0.15, 0.2) is 0 Å². The number of aliphatic hydroxyl groups excluding tert-OH is 1. The highest BCUT2D eigenvalue weighted by atomic mass is 16.5. The third-order valence-electron chi connectivity index (χ3n) is 5.19. The van der Waals surface area contributed by atoms with Crippen molar-refractivity contribution in [2.24, 2.45) is 0 Å². The summed E-state index contributed by atoms with van der Waals surface area (Å²) in [6.45, 7) is 8.76. The van der Waals surface area contributed by atoms with Gasteiger partial charge in [-0.15, -0.1) is 0 Å². The van der Waals surface area contributed by atoms with Gasteiger partial charge in [-0.2, -0.15) is 0 Å². The zero-order valence-corrected chi connectivity index (χ0v) is 13.1. The van der Waals surface area contributed by atoms with Crippen molar-refractivity contribution in [3.05, 3.63) is 0 Å². The van der Waals surface area contributed by atoms with Crippen LogP contribution in [0.1, 0.15) is 52.4 Å². The minimum atomic E-state index is -0.257. The molecule has 3 atom stereocenters. The Labute approximate surface area is 123 Å². The quantitative estimate of drug-likeness (QED) is 0.778. The molecule has 0 saturated carbocycles. The molecule has 20 heavy (non-hydrogen) atoms. The van der Waals surface area contributed by atoms with E-state index < -0.39 is 0 Å². The Morgan fingerprint density at radius 2 is 2.05 bits per heavy atom. The zero-order valence-electron chi connectivity index (χ0n) is 13.1. The van der Waals surface area contributed by atoms with E-state index in [0.29, 0.717) is 6.10 Å². The number of aliphatic hydroxyl groups is 1. The molecule has 2 aliphatic rings. The molecule has 118 valence electrons. The van der Waals surface area contributed by atoms with Crippen LogP contribution in [0.3, 0.4) is 0 Å². The predicted molar refractivity (Wildman–Crippen MR) is 79.9 cm³/mol. The fourth-order valence-electron chi connectivity index (χ4n) is 3.47. The Bertz CT molecular complexity index is 275. The van der Waals surface area contributed by atoms with E-state index in [-0.39, 0.29) is 11.6 Å². The topological polar surface area (TPSA) is 41.9 Å². The van der Waals surface area contributed by atoms with Gasteiger partial charge in [-0.1, -0.05) is 6.92 Å². The highest BCUT2D eigenvalue weighted by Gasteiger charge is 2.37. The minimum absolute atomic E-state index is 0.111. The largest absolute Gasteiger partial charge is 0.391 e. The molecule has 0 aliphatic carbocycles. The van der Waals surface area contributed by atoms with Crippen LogP contribution in [0, 0.1) is 0 Å². The molecule has 2 aliphatic heterocycles. The fraction of sp³-hybridized carbons (Fsp3) is 1.00. The monoisotopic (exact) mass is 285 g/mol. The smallest absolute Gasteiger partial charge is 0.0721 e. The van der Waals surface area contributed by atoms with E-state index in [2.05, 4.69) is 18.7 Å². The number of hydrogen-bond acceptors (Lipinski definition) is 4. The van der Waals surface area contributed by atoms with E-state index in [9.17, 15) is 5.11 Å². The van der Waals surface area contributed by atoms with E-state index in [1.54, 1.807) is 0 Å². The molecular formula is C16H31NO3. The Morgan fingerprint density at radius 3 is 2.65 bits per heavy atom. The van der Waals surface area contributed by atoms with E-state index in [4.69, 9.17) is 9.47 Å². The molecule has 2 saturated heterocycles. The van der Waals surface area contributed by atoms with Crippen LogP contribution >= 0.6 is 0 Å². The lowest BCUT2D eigenvalue weighted by atomic mass is 9.86. The first-order valence-corrected chi connectivity index (χ1v) is 8.29. The van der Waals surface area contributed by atoms with Gasteiger partial charge >= 0.3 is 0 Å². The summed E-state index contributed by atoms with van der Waals surface area (Å²) in [5.74, 6) is 0.